The predicted molar refractivity (Wildman–Crippen MR) is 89.2 cm³/mol. The summed E-state index contributed by atoms with van der Waals surface area (Å²) in [5.74, 6) is -0.465. The van der Waals surface area contributed by atoms with Crippen LogP contribution in [0.25, 0.3) is 11.0 Å². The van der Waals surface area contributed by atoms with Crippen molar-refractivity contribution in [3.8, 4) is 5.75 Å². The molecule has 0 fully saturated rings. The van der Waals surface area contributed by atoms with Gasteiger partial charge >= 0.3 is 11.6 Å². The highest BCUT2D eigenvalue weighted by Gasteiger charge is 2.12. The average molecular weight is 324 g/mol. The molecule has 0 aliphatic rings. The number of benzene rings is 2. The molecule has 1 N–H and O–H groups in total. The van der Waals surface area contributed by atoms with Gasteiger partial charge in [0.05, 0.1) is 5.56 Å². The summed E-state index contributed by atoms with van der Waals surface area (Å²) in [6, 6.07) is 11.1. The van der Waals surface area contributed by atoms with Crippen molar-refractivity contribution in [1.82, 2.24) is 0 Å². The van der Waals surface area contributed by atoms with Gasteiger partial charge in [0.15, 0.2) is 0 Å². The van der Waals surface area contributed by atoms with E-state index in [0.29, 0.717) is 16.5 Å². The molecule has 0 saturated carbocycles. The first kappa shape index (κ1) is 15.8. The van der Waals surface area contributed by atoms with Crippen LogP contribution in [0.5, 0.6) is 5.75 Å². The van der Waals surface area contributed by atoms with Crippen LogP contribution < -0.4 is 5.63 Å². The summed E-state index contributed by atoms with van der Waals surface area (Å²) in [5, 5.41) is 10.1. The monoisotopic (exact) mass is 324 g/mol. The van der Waals surface area contributed by atoms with Gasteiger partial charge in [0.25, 0.3) is 0 Å². The predicted octanol–water partition coefficient (Wildman–Crippen LogP) is 3.47. The lowest BCUT2D eigenvalue weighted by molar-refractivity contribution is 0.0473. The molecule has 2 aromatic carbocycles. The Hall–Kier alpha value is -3.08. The third kappa shape index (κ3) is 3.15. The molecular formula is C19H16O5. The van der Waals surface area contributed by atoms with Crippen molar-refractivity contribution in [3.05, 3.63) is 75.1 Å². The highest BCUT2D eigenvalue weighted by atomic mass is 16.5. The third-order valence-corrected chi connectivity index (χ3v) is 3.92. The van der Waals surface area contributed by atoms with E-state index in [4.69, 9.17) is 9.15 Å². The molecule has 0 spiro atoms. The van der Waals surface area contributed by atoms with Crippen LogP contribution in [0.1, 0.15) is 27.0 Å². The Morgan fingerprint density at radius 2 is 1.88 bits per heavy atom. The topological polar surface area (TPSA) is 76.7 Å². The second-order valence-corrected chi connectivity index (χ2v) is 5.65. The Balaban J connectivity index is 1.86. The van der Waals surface area contributed by atoms with E-state index in [2.05, 4.69) is 0 Å². The summed E-state index contributed by atoms with van der Waals surface area (Å²) < 4.78 is 10.4. The van der Waals surface area contributed by atoms with Crippen LogP contribution in [0.4, 0.5) is 0 Å². The van der Waals surface area contributed by atoms with E-state index < -0.39 is 11.6 Å². The summed E-state index contributed by atoms with van der Waals surface area (Å²) in [6.07, 6.45) is 0. The maximum Gasteiger partial charge on any atom is 0.338 e. The summed E-state index contributed by atoms with van der Waals surface area (Å²) in [6.45, 7) is 3.84. The van der Waals surface area contributed by atoms with E-state index in [9.17, 15) is 14.7 Å². The van der Waals surface area contributed by atoms with E-state index in [-0.39, 0.29) is 17.9 Å². The molecule has 3 rings (SSSR count). The number of aryl methyl sites for hydroxylation is 2. The van der Waals surface area contributed by atoms with Gasteiger partial charge in [-0.25, -0.2) is 9.59 Å². The maximum absolute atomic E-state index is 12.2. The number of hydrogen-bond acceptors (Lipinski definition) is 5. The standard InChI is InChI=1S/C19H16O5/c1-11-3-4-13(7-12(11)2)19(22)23-10-14-8-18(21)24-17-9-15(20)5-6-16(14)17/h3-9,20H,10H2,1-2H3. The minimum absolute atomic E-state index is 0.00470. The van der Waals surface area contributed by atoms with Crippen LogP contribution in [-0.4, -0.2) is 11.1 Å². The Kier molecular flexibility index (Phi) is 4.08. The molecule has 0 amide bonds. The number of carbonyl (C=O) groups excluding carboxylic acids is 1. The molecule has 0 saturated heterocycles. The van der Waals surface area contributed by atoms with E-state index in [1.165, 1.54) is 18.2 Å². The minimum Gasteiger partial charge on any atom is -0.508 e. The fraction of sp³-hybridized carbons (Fsp3) is 0.158. The molecule has 122 valence electrons. The zero-order valence-electron chi connectivity index (χ0n) is 13.3. The highest BCUT2D eigenvalue weighted by Crippen LogP contribution is 2.22. The van der Waals surface area contributed by atoms with Crippen molar-refractivity contribution in [2.45, 2.75) is 20.5 Å². The molecule has 1 aromatic heterocycles. The Morgan fingerprint density at radius 1 is 1.08 bits per heavy atom. The third-order valence-electron chi connectivity index (χ3n) is 3.92. The van der Waals surface area contributed by atoms with Crippen LogP contribution in [0.2, 0.25) is 0 Å². The number of aromatic hydroxyl groups is 1. The number of phenols is 1. The summed E-state index contributed by atoms with van der Waals surface area (Å²) >= 11 is 0. The second-order valence-electron chi connectivity index (χ2n) is 5.65. The number of ether oxygens (including phenoxy) is 1. The van der Waals surface area contributed by atoms with Crippen molar-refractivity contribution < 1.29 is 19.1 Å². The van der Waals surface area contributed by atoms with Crippen molar-refractivity contribution >= 4 is 16.9 Å². The van der Waals surface area contributed by atoms with E-state index in [1.807, 2.05) is 19.9 Å². The maximum atomic E-state index is 12.2. The van der Waals surface area contributed by atoms with Crippen molar-refractivity contribution in [1.29, 1.82) is 0 Å². The van der Waals surface area contributed by atoms with Gasteiger partial charge in [-0.1, -0.05) is 6.07 Å². The number of phenolic OH excluding ortho intramolecular Hbond substituents is 1. The molecule has 0 aliphatic carbocycles. The normalized spacial score (nSPS) is 10.8. The second kappa shape index (κ2) is 6.20. The van der Waals surface area contributed by atoms with E-state index >= 15 is 0 Å². The smallest absolute Gasteiger partial charge is 0.338 e. The first-order valence-electron chi connectivity index (χ1n) is 7.44. The van der Waals surface area contributed by atoms with Gasteiger partial charge in [-0.05, 0) is 49.2 Å². The zero-order chi connectivity index (χ0) is 17.3. The minimum atomic E-state index is -0.565. The van der Waals surface area contributed by atoms with E-state index in [1.54, 1.807) is 18.2 Å². The lowest BCUT2D eigenvalue weighted by Crippen LogP contribution is -2.08. The van der Waals surface area contributed by atoms with Crippen LogP contribution in [0, 0.1) is 13.8 Å². The highest BCUT2D eigenvalue weighted by molar-refractivity contribution is 5.90. The molecule has 0 aliphatic heterocycles. The van der Waals surface area contributed by atoms with Gasteiger partial charge in [-0.15, -0.1) is 0 Å². The zero-order valence-corrected chi connectivity index (χ0v) is 13.3. The molecular weight excluding hydrogens is 308 g/mol. The number of carbonyl (C=O) groups is 1. The van der Waals surface area contributed by atoms with Gasteiger partial charge in [0, 0.05) is 23.1 Å². The first-order chi connectivity index (χ1) is 11.4. The SMILES string of the molecule is Cc1ccc(C(=O)OCc2cc(=O)oc3cc(O)ccc23)cc1C. The Bertz CT molecular complexity index is 985. The van der Waals surface area contributed by atoms with Crippen LogP contribution in [-0.2, 0) is 11.3 Å². The lowest BCUT2D eigenvalue weighted by Gasteiger charge is -2.08. The van der Waals surface area contributed by atoms with Gasteiger partial charge in [0.2, 0.25) is 0 Å². The molecule has 0 bridgehead atoms. The van der Waals surface area contributed by atoms with Crippen molar-refractivity contribution in [3.63, 3.8) is 0 Å². The van der Waals surface area contributed by atoms with Crippen LogP contribution >= 0.6 is 0 Å². The molecule has 0 atom stereocenters. The number of rotatable bonds is 3. The van der Waals surface area contributed by atoms with E-state index in [0.717, 1.165) is 11.1 Å². The fourth-order valence-corrected chi connectivity index (χ4v) is 2.43. The Labute approximate surface area is 138 Å². The molecule has 5 nitrogen and oxygen atoms in total. The van der Waals surface area contributed by atoms with Crippen LogP contribution in [0.3, 0.4) is 0 Å². The lowest BCUT2D eigenvalue weighted by atomic mass is 10.1. The Morgan fingerprint density at radius 3 is 2.62 bits per heavy atom. The molecule has 3 aromatic rings. The van der Waals surface area contributed by atoms with Gasteiger partial charge in [-0.2, -0.15) is 0 Å². The summed E-state index contributed by atoms with van der Waals surface area (Å²) in [4.78, 5) is 23.8. The molecule has 0 unspecified atom stereocenters. The quantitative estimate of drug-likeness (QED) is 0.589. The summed E-state index contributed by atoms with van der Waals surface area (Å²) in [5.41, 5.74) is 2.77. The van der Waals surface area contributed by atoms with Crippen molar-refractivity contribution in [2.24, 2.45) is 0 Å². The molecule has 1 heterocycles. The summed E-state index contributed by atoms with van der Waals surface area (Å²) in [7, 11) is 0. The average Bonchev–Trinajstić information content (AvgIpc) is 2.54. The molecule has 24 heavy (non-hydrogen) atoms. The fourth-order valence-electron chi connectivity index (χ4n) is 2.43. The molecule has 0 radical (unpaired) electrons. The molecule has 5 heteroatoms. The number of fused-ring (bicyclic) bond motifs is 1. The van der Waals surface area contributed by atoms with Gasteiger partial charge < -0.3 is 14.3 Å². The number of hydrogen-bond donors (Lipinski definition) is 1. The van der Waals surface area contributed by atoms with Gasteiger partial charge in [0.1, 0.15) is 17.9 Å². The number of esters is 1. The van der Waals surface area contributed by atoms with Crippen molar-refractivity contribution in [2.75, 3.05) is 0 Å². The largest absolute Gasteiger partial charge is 0.508 e. The van der Waals surface area contributed by atoms with Crippen LogP contribution in [0.15, 0.2) is 51.7 Å². The van der Waals surface area contributed by atoms with Gasteiger partial charge in [-0.3, -0.25) is 0 Å². The first-order valence-corrected chi connectivity index (χ1v) is 7.44.